The van der Waals surface area contributed by atoms with Gasteiger partial charge in [-0.15, -0.1) is 0 Å². The minimum atomic E-state index is -1.02. The molecular formula is C20H24N2O3. The molecular weight excluding hydrogens is 316 g/mol. The van der Waals surface area contributed by atoms with E-state index in [1.165, 1.54) is 5.56 Å². The van der Waals surface area contributed by atoms with Crippen molar-refractivity contribution in [2.45, 2.75) is 39.3 Å². The predicted octanol–water partition coefficient (Wildman–Crippen LogP) is 3.45. The van der Waals surface area contributed by atoms with Crippen LogP contribution in [0.2, 0.25) is 0 Å². The number of carboxylic acids is 1. The normalized spacial score (nSPS) is 11.6. The molecule has 3 N–H and O–H groups in total. The summed E-state index contributed by atoms with van der Waals surface area (Å²) >= 11 is 0. The van der Waals surface area contributed by atoms with Gasteiger partial charge in [-0.25, -0.2) is 4.79 Å². The molecule has 5 heteroatoms. The quantitative estimate of drug-likeness (QED) is 0.688. The van der Waals surface area contributed by atoms with Gasteiger partial charge in [0.15, 0.2) is 0 Å². The molecule has 0 spiro atoms. The van der Waals surface area contributed by atoms with Crippen LogP contribution in [0.25, 0.3) is 0 Å². The number of anilines is 1. The van der Waals surface area contributed by atoms with Gasteiger partial charge in [-0.3, -0.25) is 4.79 Å². The van der Waals surface area contributed by atoms with Gasteiger partial charge >= 0.3 is 5.97 Å². The first-order valence-corrected chi connectivity index (χ1v) is 8.49. The molecule has 0 aliphatic heterocycles. The first-order chi connectivity index (χ1) is 12.0. The van der Waals surface area contributed by atoms with Gasteiger partial charge in [0, 0.05) is 17.8 Å². The topological polar surface area (TPSA) is 78.4 Å². The molecule has 1 amide bonds. The number of hydrogen-bond acceptors (Lipinski definition) is 3. The molecule has 0 aromatic heterocycles. The summed E-state index contributed by atoms with van der Waals surface area (Å²) in [5, 5.41) is 15.0. The van der Waals surface area contributed by atoms with Crippen LogP contribution in [-0.2, 0) is 17.8 Å². The highest BCUT2D eigenvalue weighted by Gasteiger charge is 2.18. The predicted molar refractivity (Wildman–Crippen MR) is 98.8 cm³/mol. The molecule has 0 radical (unpaired) electrons. The third-order valence-electron chi connectivity index (χ3n) is 4.08. The number of rotatable bonds is 8. The Balaban J connectivity index is 2.05. The monoisotopic (exact) mass is 340 g/mol. The molecule has 0 aliphatic carbocycles. The third-order valence-corrected chi connectivity index (χ3v) is 4.08. The van der Waals surface area contributed by atoms with Crippen LogP contribution in [-0.4, -0.2) is 23.0 Å². The fourth-order valence-corrected chi connectivity index (χ4v) is 2.60. The summed E-state index contributed by atoms with van der Waals surface area (Å²) in [6.07, 6.45) is 1.29. The van der Waals surface area contributed by atoms with Gasteiger partial charge in [0.25, 0.3) is 5.91 Å². The lowest BCUT2D eigenvalue weighted by Crippen LogP contribution is -2.40. The summed E-state index contributed by atoms with van der Waals surface area (Å²) in [6, 6.07) is 14.5. The molecule has 132 valence electrons. The van der Waals surface area contributed by atoms with Crippen LogP contribution in [0, 0.1) is 0 Å². The van der Waals surface area contributed by atoms with E-state index < -0.39 is 12.0 Å². The van der Waals surface area contributed by atoms with E-state index in [0.29, 0.717) is 18.5 Å². The van der Waals surface area contributed by atoms with Gasteiger partial charge in [0.05, 0.1) is 0 Å². The average molecular weight is 340 g/mol. The van der Waals surface area contributed by atoms with Crippen LogP contribution in [0.15, 0.2) is 48.5 Å². The first-order valence-electron chi connectivity index (χ1n) is 8.49. The van der Waals surface area contributed by atoms with Crippen molar-refractivity contribution in [2.24, 2.45) is 0 Å². The number of aliphatic carboxylic acids is 1. The lowest BCUT2D eigenvalue weighted by atomic mass is 10.1. The molecule has 0 bridgehead atoms. The molecule has 2 aromatic rings. The van der Waals surface area contributed by atoms with Gasteiger partial charge in [0.2, 0.25) is 0 Å². The number of carbonyl (C=O) groups excluding carboxylic acids is 1. The van der Waals surface area contributed by atoms with Crippen molar-refractivity contribution in [1.82, 2.24) is 5.32 Å². The average Bonchev–Trinajstić information content (AvgIpc) is 2.64. The van der Waals surface area contributed by atoms with Crippen molar-refractivity contribution in [1.29, 1.82) is 0 Å². The van der Waals surface area contributed by atoms with E-state index in [4.69, 9.17) is 5.11 Å². The zero-order chi connectivity index (χ0) is 18.2. The maximum Gasteiger partial charge on any atom is 0.326 e. The Morgan fingerprint density at radius 3 is 2.52 bits per heavy atom. The van der Waals surface area contributed by atoms with Crippen LogP contribution < -0.4 is 10.6 Å². The van der Waals surface area contributed by atoms with E-state index in [1.54, 1.807) is 25.1 Å². The highest BCUT2D eigenvalue weighted by Crippen LogP contribution is 2.17. The largest absolute Gasteiger partial charge is 0.480 e. The van der Waals surface area contributed by atoms with Crippen molar-refractivity contribution in [3.05, 3.63) is 65.2 Å². The molecule has 0 saturated heterocycles. The van der Waals surface area contributed by atoms with E-state index in [-0.39, 0.29) is 5.91 Å². The summed E-state index contributed by atoms with van der Waals surface area (Å²) < 4.78 is 0. The molecule has 25 heavy (non-hydrogen) atoms. The number of hydrogen-bond donors (Lipinski definition) is 3. The molecule has 5 nitrogen and oxygen atoms in total. The number of carboxylic acid groups (broad SMARTS) is 1. The van der Waals surface area contributed by atoms with Crippen LogP contribution in [0.4, 0.5) is 5.69 Å². The van der Waals surface area contributed by atoms with Gasteiger partial charge in [-0.05, 0) is 42.2 Å². The summed E-state index contributed by atoms with van der Waals surface area (Å²) in [4.78, 5) is 23.3. The van der Waals surface area contributed by atoms with Crippen LogP contribution in [0.1, 0.15) is 41.8 Å². The van der Waals surface area contributed by atoms with Crippen molar-refractivity contribution in [3.8, 4) is 0 Å². The minimum absolute atomic E-state index is 0.343. The number of carbonyl (C=O) groups is 2. The van der Waals surface area contributed by atoms with E-state index in [2.05, 4.69) is 23.6 Å². The fraction of sp³-hybridized carbons (Fsp3) is 0.300. The third kappa shape index (κ3) is 5.08. The number of para-hydroxylation sites is 1. The van der Waals surface area contributed by atoms with Crippen LogP contribution >= 0.6 is 0 Å². The molecule has 0 aliphatic rings. The van der Waals surface area contributed by atoms with Crippen molar-refractivity contribution >= 4 is 17.6 Å². The van der Waals surface area contributed by atoms with Gasteiger partial charge in [-0.1, -0.05) is 44.2 Å². The molecule has 0 heterocycles. The smallest absolute Gasteiger partial charge is 0.326 e. The van der Waals surface area contributed by atoms with E-state index in [9.17, 15) is 9.59 Å². The second kappa shape index (κ2) is 8.87. The zero-order valence-electron chi connectivity index (χ0n) is 14.6. The molecule has 0 fully saturated rings. The second-order valence-electron chi connectivity index (χ2n) is 5.84. The maximum absolute atomic E-state index is 12.3. The maximum atomic E-state index is 12.3. The summed E-state index contributed by atoms with van der Waals surface area (Å²) in [5.41, 5.74) is 3.74. The van der Waals surface area contributed by atoms with Gasteiger partial charge in [-0.2, -0.15) is 0 Å². The molecule has 0 saturated carbocycles. The molecule has 1 unspecified atom stereocenters. The van der Waals surface area contributed by atoms with Gasteiger partial charge in [0.1, 0.15) is 6.04 Å². The highest BCUT2D eigenvalue weighted by molar-refractivity contribution is 5.96. The van der Waals surface area contributed by atoms with E-state index in [1.807, 2.05) is 24.3 Å². The first kappa shape index (κ1) is 18.5. The Bertz CT molecular complexity index is 743. The lowest BCUT2D eigenvalue weighted by molar-refractivity contribution is -0.139. The Morgan fingerprint density at radius 1 is 1.08 bits per heavy atom. The lowest BCUT2D eigenvalue weighted by Gasteiger charge is -2.14. The fourth-order valence-electron chi connectivity index (χ4n) is 2.60. The summed E-state index contributed by atoms with van der Waals surface area (Å²) in [6.45, 7) is 4.43. The SMILES string of the molecule is CCc1ccccc1NCc1cccc(C(=O)NC(CC)C(=O)O)c1. The zero-order valence-corrected chi connectivity index (χ0v) is 14.6. The van der Waals surface area contributed by atoms with Crippen molar-refractivity contribution in [3.63, 3.8) is 0 Å². The van der Waals surface area contributed by atoms with E-state index >= 15 is 0 Å². The molecule has 1 atom stereocenters. The number of benzene rings is 2. The number of amides is 1. The van der Waals surface area contributed by atoms with Crippen molar-refractivity contribution in [2.75, 3.05) is 5.32 Å². The van der Waals surface area contributed by atoms with Crippen LogP contribution in [0.5, 0.6) is 0 Å². The van der Waals surface area contributed by atoms with Gasteiger partial charge < -0.3 is 15.7 Å². The van der Waals surface area contributed by atoms with Crippen molar-refractivity contribution < 1.29 is 14.7 Å². The summed E-state index contributed by atoms with van der Waals surface area (Å²) in [7, 11) is 0. The summed E-state index contributed by atoms with van der Waals surface area (Å²) in [5.74, 6) is -1.39. The Morgan fingerprint density at radius 2 is 1.84 bits per heavy atom. The standard InChI is InChI=1S/C20H24N2O3/c1-3-15-9-5-6-11-18(15)21-13-14-8-7-10-16(12-14)19(23)22-17(4-2)20(24)25/h5-12,17,21H,3-4,13H2,1-2H3,(H,22,23)(H,24,25). The molecule has 2 rings (SSSR count). The minimum Gasteiger partial charge on any atom is -0.480 e. The Hall–Kier alpha value is -2.82. The molecule has 2 aromatic carbocycles. The Kier molecular flexibility index (Phi) is 6.57. The number of nitrogens with one attached hydrogen (secondary N) is 2. The highest BCUT2D eigenvalue weighted by atomic mass is 16.4. The second-order valence-corrected chi connectivity index (χ2v) is 5.84. The number of aryl methyl sites for hydroxylation is 1. The van der Waals surface area contributed by atoms with E-state index in [0.717, 1.165) is 17.7 Å². The van der Waals surface area contributed by atoms with Crippen LogP contribution in [0.3, 0.4) is 0 Å². The Labute approximate surface area is 148 Å².